The number of aliphatic hydroxyl groups is 1. The second kappa shape index (κ2) is 5.37. The average molecular weight is 333 g/mol. The Morgan fingerprint density at radius 2 is 1.57 bits per heavy atom. The normalized spacial score (nSPS) is 22.9. The molecule has 0 bridgehead atoms. The van der Waals surface area contributed by atoms with Gasteiger partial charge in [-0.3, -0.25) is 4.79 Å². The van der Waals surface area contributed by atoms with Crippen LogP contribution in [0.15, 0.2) is 17.9 Å². The molecule has 1 aromatic rings. The summed E-state index contributed by atoms with van der Waals surface area (Å²) in [5.74, 6) is 0.405. The third kappa shape index (κ3) is 2.71. The van der Waals surface area contributed by atoms with Crippen LogP contribution in [0.2, 0.25) is 5.02 Å². The van der Waals surface area contributed by atoms with Gasteiger partial charge in [-0.15, -0.1) is 0 Å². The van der Waals surface area contributed by atoms with E-state index in [1.165, 1.54) is 0 Å². The van der Waals surface area contributed by atoms with Gasteiger partial charge in [-0.25, -0.2) is 0 Å². The third-order valence-electron chi connectivity index (χ3n) is 5.83. The van der Waals surface area contributed by atoms with Crippen molar-refractivity contribution in [2.24, 2.45) is 10.8 Å². The number of aliphatic hydroxyl groups excluding tert-OH is 1. The van der Waals surface area contributed by atoms with Gasteiger partial charge in [0.25, 0.3) is 0 Å². The van der Waals surface area contributed by atoms with E-state index in [0.29, 0.717) is 28.2 Å². The molecular formula is C20H25ClO2. The third-order valence-corrected chi connectivity index (χ3v) is 6.04. The minimum absolute atomic E-state index is 0.0794. The lowest BCUT2D eigenvalue weighted by atomic mass is 9.64. The minimum Gasteiger partial charge on any atom is -0.511 e. The van der Waals surface area contributed by atoms with Gasteiger partial charge < -0.3 is 5.11 Å². The average Bonchev–Trinajstić information content (AvgIpc) is 2.66. The van der Waals surface area contributed by atoms with E-state index >= 15 is 0 Å². The Balaban J connectivity index is 2.08. The molecule has 0 amide bonds. The molecule has 23 heavy (non-hydrogen) atoms. The van der Waals surface area contributed by atoms with Gasteiger partial charge in [0.1, 0.15) is 5.76 Å². The molecule has 0 radical (unpaired) electrons. The fraction of sp³-hybridized carbons (Fsp3) is 0.550. The number of ketones is 1. The van der Waals surface area contributed by atoms with E-state index in [9.17, 15) is 9.90 Å². The van der Waals surface area contributed by atoms with Crippen LogP contribution in [0.5, 0.6) is 0 Å². The Bertz CT molecular complexity index is 679. The molecule has 3 heteroatoms. The van der Waals surface area contributed by atoms with E-state index in [0.717, 1.165) is 42.4 Å². The topological polar surface area (TPSA) is 37.3 Å². The number of carbonyl (C=O) groups is 1. The summed E-state index contributed by atoms with van der Waals surface area (Å²) in [4.78, 5) is 12.8. The molecule has 0 heterocycles. The summed E-state index contributed by atoms with van der Waals surface area (Å²) in [6.07, 6.45) is 4.34. The number of rotatable bonds is 1. The lowest BCUT2D eigenvalue weighted by Crippen LogP contribution is -2.31. The SMILES string of the molecule is Cc1cc(Cl)cc(C)c1C1=C(O)C2(CCC(C)(C)CC2)CC1=O. The predicted octanol–water partition coefficient (Wildman–Crippen LogP) is 5.79. The Morgan fingerprint density at radius 3 is 2.09 bits per heavy atom. The number of Topliss-reactive ketones (excluding diaryl/α,β-unsaturated/α-hetero) is 1. The number of carbonyl (C=O) groups excluding carboxylic acids is 1. The maximum absolute atomic E-state index is 12.8. The van der Waals surface area contributed by atoms with Gasteiger partial charge in [-0.05, 0) is 73.8 Å². The van der Waals surface area contributed by atoms with Gasteiger partial charge in [-0.2, -0.15) is 0 Å². The van der Waals surface area contributed by atoms with E-state index in [-0.39, 0.29) is 11.2 Å². The number of aryl methyl sites for hydroxylation is 2. The zero-order valence-corrected chi connectivity index (χ0v) is 15.2. The Morgan fingerprint density at radius 1 is 1.04 bits per heavy atom. The Hall–Kier alpha value is -1.28. The number of allylic oxidation sites excluding steroid dienone is 2. The van der Waals surface area contributed by atoms with Crippen molar-refractivity contribution < 1.29 is 9.90 Å². The summed E-state index contributed by atoms with van der Waals surface area (Å²) in [7, 11) is 0. The molecule has 1 saturated carbocycles. The van der Waals surface area contributed by atoms with Crippen molar-refractivity contribution in [2.75, 3.05) is 0 Å². The minimum atomic E-state index is -0.333. The van der Waals surface area contributed by atoms with Gasteiger partial charge in [0.15, 0.2) is 5.78 Å². The molecular weight excluding hydrogens is 308 g/mol. The highest BCUT2D eigenvalue weighted by Crippen LogP contribution is 2.56. The molecule has 1 fully saturated rings. The van der Waals surface area contributed by atoms with Crippen molar-refractivity contribution in [3.63, 3.8) is 0 Å². The summed E-state index contributed by atoms with van der Waals surface area (Å²) in [5.41, 5.74) is 3.30. The summed E-state index contributed by atoms with van der Waals surface area (Å²) in [6, 6.07) is 3.73. The number of hydrogen-bond donors (Lipinski definition) is 1. The highest BCUT2D eigenvalue weighted by atomic mass is 35.5. The summed E-state index contributed by atoms with van der Waals surface area (Å²) < 4.78 is 0. The highest BCUT2D eigenvalue weighted by molar-refractivity contribution is 6.31. The van der Waals surface area contributed by atoms with E-state index in [1.807, 2.05) is 26.0 Å². The molecule has 1 N–H and O–H groups in total. The van der Waals surface area contributed by atoms with Crippen LogP contribution in [0.1, 0.15) is 62.6 Å². The molecule has 0 aromatic heterocycles. The second-order valence-corrected chi connectivity index (χ2v) is 8.62. The highest BCUT2D eigenvalue weighted by Gasteiger charge is 2.49. The molecule has 124 valence electrons. The lowest BCUT2D eigenvalue weighted by molar-refractivity contribution is -0.115. The second-order valence-electron chi connectivity index (χ2n) is 8.18. The first-order valence-electron chi connectivity index (χ1n) is 8.39. The molecule has 2 aliphatic carbocycles. The van der Waals surface area contributed by atoms with E-state index in [1.54, 1.807) is 0 Å². The van der Waals surface area contributed by atoms with Crippen LogP contribution in [0.3, 0.4) is 0 Å². The lowest BCUT2D eigenvalue weighted by Gasteiger charge is -2.41. The smallest absolute Gasteiger partial charge is 0.167 e. The van der Waals surface area contributed by atoms with Crippen molar-refractivity contribution in [2.45, 2.75) is 59.8 Å². The van der Waals surface area contributed by atoms with E-state index < -0.39 is 0 Å². The summed E-state index contributed by atoms with van der Waals surface area (Å²) in [5, 5.41) is 11.7. The van der Waals surface area contributed by atoms with Crippen molar-refractivity contribution in [3.8, 4) is 0 Å². The first kappa shape index (κ1) is 16.6. The van der Waals surface area contributed by atoms with Crippen LogP contribution in [0.25, 0.3) is 5.57 Å². The molecule has 0 saturated heterocycles. The first-order chi connectivity index (χ1) is 10.7. The van der Waals surface area contributed by atoms with Crippen molar-refractivity contribution in [1.82, 2.24) is 0 Å². The predicted molar refractivity (Wildman–Crippen MR) is 94.8 cm³/mol. The van der Waals surface area contributed by atoms with Crippen LogP contribution < -0.4 is 0 Å². The van der Waals surface area contributed by atoms with Gasteiger partial charge >= 0.3 is 0 Å². The molecule has 1 aromatic carbocycles. The van der Waals surface area contributed by atoms with Crippen molar-refractivity contribution in [3.05, 3.63) is 39.6 Å². The van der Waals surface area contributed by atoms with Crippen LogP contribution in [-0.2, 0) is 4.79 Å². The summed E-state index contributed by atoms with van der Waals surface area (Å²) >= 11 is 6.11. The zero-order valence-electron chi connectivity index (χ0n) is 14.4. The Labute approximate surface area is 143 Å². The molecule has 0 aliphatic heterocycles. The number of halogens is 1. The van der Waals surface area contributed by atoms with Gasteiger partial charge in [0.05, 0.1) is 5.57 Å². The molecule has 0 atom stereocenters. The van der Waals surface area contributed by atoms with Crippen molar-refractivity contribution in [1.29, 1.82) is 0 Å². The van der Waals surface area contributed by atoms with Crippen LogP contribution >= 0.6 is 11.6 Å². The van der Waals surface area contributed by atoms with E-state index in [4.69, 9.17) is 11.6 Å². The maximum Gasteiger partial charge on any atom is 0.167 e. The largest absolute Gasteiger partial charge is 0.511 e. The van der Waals surface area contributed by atoms with Crippen LogP contribution in [0.4, 0.5) is 0 Å². The zero-order chi connectivity index (χ0) is 17.0. The summed E-state index contributed by atoms with van der Waals surface area (Å²) in [6.45, 7) is 8.45. The van der Waals surface area contributed by atoms with Gasteiger partial charge in [0.2, 0.25) is 0 Å². The van der Waals surface area contributed by atoms with Crippen molar-refractivity contribution >= 4 is 23.0 Å². The molecule has 0 unspecified atom stereocenters. The first-order valence-corrected chi connectivity index (χ1v) is 8.77. The van der Waals surface area contributed by atoms with Crippen LogP contribution in [-0.4, -0.2) is 10.9 Å². The van der Waals surface area contributed by atoms with Gasteiger partial charge in [-0.1, -0.05) is 25.4 Å². The quantitative estimate of drug-likeness (QED) is 0.707. The molecule has 3 rings (SSSR count). The maximum atomic E-state index is 12.8. The molecule has 2 aliphatic rings. The standard InChI is InChI=1S/C20H25ClO2/c1-12-9-14(21)10-13(2)16(12)17-15(22)11-20(18(17)23)7-5-19(3,4)6-8-20/h9-10,23H,5-8,11H2,1-4H3. The fourth-order valence-corrected chi connectivity index (χ4v) is 4.59. The number of benzene rings is 1. The van der Waals surface area contributed by atoms with Gasteiger partial charge in [0, 0.05) is 16.9 Å². The fourth-order valence-electron chi connectivity index (χ4n) is 4.26. The monoisotopic (exact) mass is 332 g/mol. The molecule has 1 spiro atoms. The number of hydrogen-bond acceptors (Lipinski definition) is 2. The van der Waals surface area contributed by atoms with Crippen LogP contribution in [0, 0.1) is 24.7 Å². The van der Waals surface area contributed by atoms with E-state index in [2.05, 4.69) is 13.8 Å². The Kier molecular flexibility index (Phi) is 3.87. The molecule has 2 nitrogen and oxygen atoms in total.